The molecule has 4 aliphatic carbocycles. The molecule has 1 aromatic heterocycles. The summed E-state index contributed by atoms with van der Waals surface area (Å²) in [4.78, 5) is 13.7. The topological polar surface area (TPSA) is 54.9 Å². The Morgan fingerprint density at radius 1 is 1.09 bits per heavy atom. The summed E-state index contributed by atoms with van der Waals surface area (Å²) in [5.41, 5.74) is 3.13. The van der Waals surface area contributed by atoms with Gasteiger partial charge in [-0.2, -0.15) is 0 Å². The van der Waals surface area contributed by atoms with E-state index >= 15 is 0 Å². The molecule has 1 heterocycles. The van der Waals surface area contributed by atoms with Gasteiger partial charge in [-0.05, 0) is 79.9 Å². The molecule has 7 rings (SSSR count). The van der Waals surface area contributed by atoms with E-state index in [0.717, 1.165) is 23.6 Å². The normalized spacial score (nSPS) is 29.4. The predicted octanol–water partition coefficient (Wildman–Crippen LogP) is 6.75. The van der Waals surface area contributed by atoms with Crippen molar-refractivity contribution in [3.8, 4) is 0 Å². The van der Waals surface area contributed by atoms with Gasteiger partial charge in [-0.1, -0.05) is 71.1 Å². The number of hydrogen-bond acceptors (Lipinski definition) is 5. The van der Waals surface area contributed by atoms with E-state index in [4.69, 9.17) is 0 Å². The largest absolute Gasteiger partial charge is 0.300 e. The molecule has 0 radical (unpaired) electrons. The van der Waals surface area contributed by atoms with Crippen LogP contribution < -0.4 is 5.32 Å². The van der Waals surface area contributed by atoms with Crippen LogP contribution >= 0.6 is 23.1 Å². The summed E-state index contributed by atoms with van der Waals surface area (Å²) in [6, 6.07) is 15.8. The minimum absolute atomic E-state index is 0.111. The predicted molar refractivity (Wildman–Crippen MR) is 134 cm³/mol. The maximum atomic E-state index is 13.9. The van der Waals surface area contributed by atoms with Gasteiger partial charge in [0.1, 0.15) is 5.82 Å². The van der Waals surface area contributed by atoms with Crippen LogP contribution in [0.15, 0.2) is 52.9 Å². The first-order valence-corrected chi connectivity index (χ1v) is 13.8. The zero-order valence-corrected chi connectivity index (χ0v) is 20.9. The Morgan fingerprint density at radius 2 is 1.82 bits per heavy atom. The molecule has 34 heavy (non-hydrogen) atoms. The van der Waals surface area contributed by atoms with Gasteiger partial charge in [-0.3, -0.25) is 4.79 Å². The smallest absolute Gasteiger partial charge is 0.232 e. The molecule has 4 nitrogen and oxygen atoms in total. The summed E-state index contributed by atoms with van der Waals surface area (Å²) >= 11 is 2.82. The number of thioether (sulfide) groups is 1. The van der Waals surface area contributed by atoms with Gasteiger partial charge >= 0.3 is 0 Å². The number of hydrogen-bond donors (Lipinski definition) is 1. The van der Waals surface area contributed by atoms with Crippen molar-refractivity contribution in [2.75, 3.05) is 5.32 Å². The highest BCUT2D eigenvalue weighted by Crippen LogP contribution is 2.66. The Balaban J connectivity index is 1.18. The van der Waals surface area contributed by atoms with Crippen molar-refractivity contribution < 1.29 is 9.18 Å². The molecule has 2 aromatic carbocycles. The second-order valence-corrected chi connectivity index (χ2v) is 12.8. The first-order chi connectivity index (χ1) is 16.4. The number of anilines is 1. The third-order valence-corrected chi connectivity index (χ3v) is 10.2. The minimum atomic E-state index is -0.318. The Morgan fingerprint density at radius 3 is 2.56 bits per heavy atom. The second kappa shape index (κ2) is 8.45. The molecule has 3 aromatic rings. The number of rotatable bonds is 6. The van der Waals surface area contributed by atoms with Gasteiger partial charge < -0.3 is 5.32 Å². The van der Waals surface area contributed by atoms with Crippen LogP contribution in [0.3, 0.4) is 0 Å². The zero-order valence-electron chi connectivity index (χ0n) is 19.2. The number of halogens is 1. The van der Waals surface area contributed by atoms with Gasteiger partial charge in [0, 0.05) is 5.75 Å². The molecule has 0 aliphatic heterocycles. The van der Waals surface area contributed by atoms with Gasteiger partial charge in [0.25, 0.3) is 0 Å². The lowest BCUT2D eigenvalue weighted by atomic mass is 9.42. The van der Waals surface area contributed by atoms with Gasteiger partial charge in [0.2, 0.25) is 11.0 Å². The molecule has 2 atom stereocenters. The van der Waals surface area contributed by atoms with Crippen LogP contribution in [0, 0.1) is 30.0 Å². The number of nitrogens with one attached hydrogen (secondary N) is 1. The van der Waals surface area contributed by atoms with E-state index in [0.29, 0.717) is 28.3 Å². The summed E-state index contributed by atoms with van der Waals surface area (Å²) in [7, 11) is 0. The highest BCUT2D eigenvalue weighted by atomic mass is 32.2. The van der Waals surface area contributed by atoms with Gasteiger partial charge in [0.05, 0.1) is 5.41 Å². The third-order valence-electron chi connectivity index (χ3n) is 8.14. The highest BCUT2D eigenvalue weighted by molar-refractivity contribution is 8.00. The van der Waals surface area contributed by atoms with E-state index in [9.17, 15) is 9.18 Å². The second-order valence-electron chi connectivity index (χ2n) is 10.6. The van der Waals surface area contributed by atoms with Crippen molar-refractivity contribution >= 4 is 34.1 Å². The number of benzene rings is 2. The van der Waals surface area contributed by atoms with Gasteiger partial charge in [0.15, 0.2) is 4.34 Å². The first-order valence-electron chi connectivity index (χ1n) is 12.0. The van der Waals surface area contributed by atoms with E-state index in [1.807, 2.05) is 6.07 Å². The monoisotopic (exact) mass is 493 g/mol. The van der Waals surface area contributed by atoms with Gasteiger partial charge in [-0.15, -0.1) is 10.2 Å². The molecule has 176 valence electrons. The fourth-order valence-electron chi connectivity index (χ4n) is 7.08. The fourth-order valence-corrected chi connectivity index (χ4v) is 8.81. The molecule has 4 saturated carbocycles. The Kier molecular flexibility index (Phi) is 5.52. The molecule has 0 unspecified atom stereocenters. The van der Waals surface area contributed by atoms with Gasteiger partial charge in [-0.25, -0.2) is 4.39 Å². The summed E-state index contributed by atoms with van der Waals surface area (Å²) in [6.07, 6.45) is 6.57. The van der Waals surface area contributed by atoms with Crippen molar-refractivity contribution in [1.82, 2.24) is 10.2 Å². The van der Waals surface area contributed by atoms with E-state index in [1.165, 1.54) is 59.6 Å². The summed E-state index contributed by atoms with van der Waals surface area (Å²) in [6.45, 7) is 2.13. The van der Waals surface area contributed by atoms with Crippen molar-refractivity contribution in [3.05, 3.63) is 71.0 Å². The third kappa shape index (κ3) is 3.97. The Bertz CT molecular complexity index is 1210. The molecule has 1 N–H and O–H groups in total. The maximum Gasteiger partial charge on any atom is 0.232 e. The SMILES string of the molecule is Cc1ccc(C23C[C@H]4C[C@@H](CC(C(=O)Nc5nnc(SCc6ccccc6F)s5)(C4)C2)C3)cc1. The zero-order chi connectivity index (χ0) is 23.3. The van der Waals surface area contributed by atoms with Crippen LogP contribution in [0.1, 0.15) is 55.2 Å². The van der Waals surface area contributed by atoms with Crippen molar-refractivity contribution in [2.24, 2.45) is 17.3 Å². The molecule has 0 spiro atoms. The van der Waals surface area contributed by atoms with E-state index < -0.39 is 0 Å². The summed E-state index contributed by atoms with van der Waals surface area (Å²) < 4.78 is 14.6. The van der Waals surface area contributed by atoms with E-state index in [1.54, 1.807) is 12.1 Å². The van der Waals surface area contributed by atoms with Crippen molar-refractivity contribution in [1.29, 1.82) is 0 Å². The minimum Gasteiger partial charge on any atom is -0.300 e. The number of nitrogens with zero attached hydrogens (tertiary/aromatic N) is 2. The van der Waals surface area contributed by atoms with Crippen LogP contribution in [-0.2, 0) is 16.0 Å². The van der Waals surface area contributed by atoms with E-state index in [2.05, 4.69) is 46.7 Å². The van der Waals surface area contributed by atoms with E-state index in [-0.39, 0.29) is 22.6 Å². The highest BCUT2D eigenvalue weighted by Gasteiger charge is 2.61. The molecule has 0 saturated heterocycles. The molecular formula is C27H28FN3OS2. The lowest BCUT2D eigenvalue weighted by Crippen LogP contribution is -2.57. The van der Waals surface area contributed by atoms with Crippen LogP contribution in [0.5, 0.6) is 0 Å². The van der Waals surface area contributed by atoms with Crippen molar-refractivity contribution in [3.63, 3.8) is 0 Å². The number of carbonyl (C=O) groups is 1. The number of aromatic nitrogens is 2. The Labute approximate surface area is 207 Å². The van der Waals surface area contributed by atoms with Crippen LogP contribution in [-0.4, -0.2) is 16.1 Å². The lowest BCUT2D eigenvalue weighted by Gasteiger charge is -2.61. The molecular weight excluding hydrogens is 465 g/mol. The number of amides is 1. The molecule has 4 aliphatic rings. The van der Waals surface area contributed by atoms with Crippen LogP contribution in [0.2, 0.25) is 0 Å². The number of carbonyl (C=O) groups excluding carboxylic acids is 1. The van der Waals surface area contributed by atoms with Crippen LogP contribution in [0.4, 0.5) is 9.52 Å². The average Bonchev–Trinajstić information content (AvgIpc) is 3.25. The number of aryl methyl sites for hydroxylation is 1. The maximum absolute atomic E-state index is 13.9. The van der Waals surface area contributed by atoms with Crippen molar-refractivity contribution in [2.45, 2.75) is 61.0 Å². The summed E-state index contributed by atoms with van der Waals surface area (Å²) in [5, 5.41) is 12.1. The van der Waals surface area contributed by atoms with Crippen LogP contribution in [0.25, 0.3) is 0 Å². The first kappa shape index (κ1) is 22.2. The quantitative estimate of drug-likeness (QED) is 0.305. The molecule has 7 heteroatoms. The molecule has 4 bridgehead atoms. The standard InChI is InChI=1S/C27H28FN3OS2/c1-17-6-8-21(9-7-17)26-11-18-10-19(12-26)14-27(13-18,16-26)23(32)29-24-30-31-25(34-24)33-15-20-4-2-3-5-22(20)28/h2-9,18-19H,10-16H2,1H3,(H,29,30,32)/t18-,19-,26?,27?/m1/s1. The lowest BCUT2D eigenvalue weighted by molar-refractivity contribution is -0.143. The summed E-state index contributed by atoms with van der Waals surface area (Å²) in [5.74, 6) is 1.63. The average molecular weight is 494 g/mol. The Hall–Kier alpha value is -2.25. The molecule has 1 amide bonds. The fraction of sp³-hybridized carbons (Fsp3) is 0.444. The molecule has 4 fully saturated rings.